The summed E-state index contributed by atoms with van der Waals surface area (Å²) in [5.74, 6) is -0.786. The molecule has 0 fully saturated rings. The molecule has 1 aromatic heterocycles. The Morgan fingerprint density at radius 1 is 1.08 bits per heavy atom. The monoisotopic (exact) mass is 361 g/mol. The summed E-state index contributed by atoms with van der Waals surface area (Å²) in [6.45, 7) is 1.81. The maximum atomic E-state index is 12.6. The van der Waals surface area contributed by atoms with Crippen molar-refractivity contribution >= 4 is 5.91 Å². The van der Waals surface area contributed by atoms with E-state index in [2.05, 4.69) is 15.5 Å². The van der Waals surface area contributed by atoms with Gasteiger partial charge in [0.2, 0.25) is 5.82 Å². The number of halogens is 3. The first-order valence-electron chi connectivity index (χ1n) is 7.72. The van der Waals surface area contributed by atoms with Gasteiger partial charge in [-0.2, -0.15) is 18.2 Å². The van der Waals surface area contributed by atoms with Gasteiger partial charge in [0, 0.05) is 5.56 Å². The van der Waals surface area contributed by atoms with E-state index >= 15 is 0 Å². The molecule has 1 N–H and O–H groups in total. The van der Waals surface area contributed by atoms with Crippen molar-refractivity contribution in [2.45, 2.75) is 19.1 Å². The number of benzene rings is 2. The molecule has 0 bridgehead atoms. The number of nitrogens with zero attached hydrogens (tertiary/aromatic N) is 2. The smallest absolute Gasteiger partial charge is 0.341 e. The number of rotatable bonds is 4. The van der Waals surface area contributed by atoms with Crippen molar-refractivity contribution in [1.82, 2.24) is 15.5 Å². The lowest BCUT2D eigenvalue weighted by Crippen LogP contribution is -2.26. The first kappa shape index (κ1) is 17.7. The van der Waals surface area contributed by atoms with Crippen molar-refractivity contribution in [3.63, 3.8) is 0 Å². The van der Waals surface area contributed by atoms with Crippen molar-refractivity contribution < 1.29 is 22.5 Å². The molecule has 1 amide bonds. The Balaban J connectivity index is 1.72. The molecule has 3 aromatic rings. The number of carbonyl (C=O) groups is 1. The minimum Gasteiger partial charge on any atom is -0.341 e. The van der Waals surface area contributed by atoms with Gasteiger partial charge in [-0.1, -0.05) is 47.6 Å². The Kier molecular flexibility index (Phi) is 4.75. The number of nitrogens with one attached hydrogen (secondary N) is 1. The first-order valence-corrected chi connectivity index (χ1v) is 7.72. The molecule has 8 heteroatoms. The largest absolute Gasteiger partial charge is 0.416 e. The van der Waals surface area contributed by atoms with Gasteiger partial charge in [0.1, 0.15) is 0 Å². The second-order valence-corrected chi connectivity index (χ2v) is 5.60. The van der Waals surface area contributed by atoms with Crippen LogP contribution in [0.25, 0.3) is 11.4 Å². The number of aromatic nitrogens is 2. The highest BCUT2D eigenvalue weighted by molar-refractivity contribution is 5.90. The van der Waals surface area contributed by atoms with Crippen LogP contribution in [0.3, 0.4) is 0 Å². The van der Waals surface area contributed by atoms with Crippen LogP contribution in [0.5, 0.6) is 0 Å². The molecule has 0 radical (unpaired) electrons. The molecular formula is C18H14F3N3O2. The summed E-state index contributed by atoms with van der Waals surface area (Å²) < 4.78 is 42.7. The van der Waals surface area contributed by atoms with Crippen LogP contribution in [0.4, 0.5) is 13.2 Å². The molecule has 0 spiro atoms. The normalized spacial score (nSPS) is 12.6. The fourth-order valence-electron chi connectivity index (χ4n) is 2.32. The van der Waals surface area contributed by atoms with Gasteiger partial charge in [-0.05, 0) is 24.6 Å². The van der Waals surface area contributed by atoms with Crippen LogP contribution in [-0.2, 0) is 6.18 Å². The Labute approximate surface area is 146 Å². The van der Waals surface area contributed by atoms with E-state index in [9.17, 15) is 18.0 Å². The van der Waals surface area contributed by atoms with E-state index in [0.29, 0.717) is 5.56 Å². The van der Waals surface area contributed by atoms with Crippen molar-refractivity contribution in [3.8, 4) is 11.4 Å². The van der Waals surface area contributed by atoms with Gasteiger partial charge in [-0.3, -0.25) is 4.79 Å². The van der Waals surface area contributed by atoms with E-state index in [1.807, 2.05) is 30.3 Å². The molecule has 1 heterocycles. The van der Waals surface area contributed by atoms with Gasteiger partial charge in [0.05, 0.1) is 11.6 Å². The van der Waals surface area contributed by atoms with Crippen LogP contribution < -0.4 is 5.32 Å². The zero-order chi connectivity index (χ0) is 18.7. The highest BCUT2D eigenvalue weighted by Gasteiger charge is 2.30. The van der Waals surface area contributed by atoms with Crippen LogP contribution >= 0.6 is 0 Å². The van der Waals surface area contributed by atoms with E-state index in [1.54, 1.807) is 6.92 Å². The Hall–Kier alpha value is -3.16. The van der Waals surface area contributed by atoms with E-state index in [0.717, 1.165) is 17.7 Å². The van der Waals surface area contributed by atoms with E-state index in [1.165, 1.54) is 12.1 Å². The highest BCUT2D eigenvalue weighted by atomic mass is 19.4. The van der Waals surface area contributed by atoms with E-state index < -0.39 is 17.6 Å². The molecule has 5 nitrogen and oxygen atoms in total. The third-order valence-electron chi connectivity index (χ3n) is 3.74. The molecule has 0 saturated carbocycles. The number of carbonyl (C=O) groups excluding carboxylic acids is 1. The van der Waals surface area contributed by atoms with Crippen molar-refractivity contribution in [2.24, 2.45) is 0 Å². The summed E-state index contributed by atoms with van der Waals surface area (Å²) in [6.07, 6.45) is -4.42. The summed E-state index contributed by atoms with van der Waals surface area (Å²) in [5.41, 5.74) is 0.444. The minimum absolute atomic E-state index is 0.0382. The van der Waals surface area contributed by atoms with Gasteiger partial charge >= 0.3 is 18.0 Å². The number of alkyl halides is 3. The maximum absolute atomic E-state index is 12.6. The zero-order valence-electron chi connectivity index (χ0n) is 13.6. The van der Waals surface area contributed by atoms with Crippen LogP contribution in [0.15, 0.2) is 59.1 Å². The van der Waals surface area contributed by atoms with Crippen LogP contribution in [0.2, 0.25) is 0 Å². The predicted octanol–water partition coefficient (Wildman–Crippen LogP) is 4.25. The van der Waals surface area contributed by atoms with Gasteiger partial charge in [-0.15, -0.1) is 0 Å². The Morgan fingerprint density at radius 3 is 2.35 bits per heavy atom. The van der Waals surface area contributed by atoms with Crippen LogP contribution in [0.1, 0.15) is 34.8 Å². The third-order valence-corrected chi connectivity index (χ3v) is 3.74. The van der Waals surface area contributed by atoms with Crippen molar-refractivity contribution in [2.75, 3.05) is 0 Å². The number of hydrogen-bond donors (Lipinski definition) is 1. The lowest BCUT2D eigenvalue weighted by atomic mass is 10.1. The lowest BCUT2D eigenvalue weighted by Gasteiger charge is -2.12. The number of amides is 1. The molecule has 1 atom stereocenters. The van der Waals surface area contributed by atoms with Crippen LogP contribution in [-0.4, -0.2) is 16.0 Å². The van der Waals surface area contributed by atoms with Gasteiger partial charge in [0.25, 0.3) is 0 Å². The summed E-state index contributed by atoms with van der Waals surface area (Å²) in [7, 11) is 0. The second-order valence-electron chi connectivity index (χ2n) is 5.60. The summed E-state index contributed by atoms with van der Waals surface area (Å²) in [6, 6.07) is 13.3. The topological polar surface area (TPSA) is 68.0 Å². The first-order chi connectivity index (χ1) is 12.3. The molecule has 134 valence electrons. The van der Waals surface area contributed by atoms with E-state index in [4.69, 9.17) is 4.52 Å². The zero-order valence-corrected chi connectivity index (χ0v) is 13.6. The molecular weight excluding hydrogens is 347 g/mol. The minimum atomic E-state index is -4.42. The predicted molar refractivity (Wildman–Crippen MR) is 87.1 cm³/mol. The highest BCUT2D eigenvalue weighted by Crippen LogP contribution is 2.30. The average molecular weight is 361 g/mol. The summed E-state index contributed by atoms with van der Waals surface area (Å²) in [5, 5.41) is 6.37. The van der Waals surface area contributed by atoms with Gasteiger partial charge in [-0.25, -0.2) is 0 Å². The third kappa shape index (κ3) is 3.90. The molecule has 0 aliphatic heterocycles. The van der Waals surface area contributed by atoms with Crippen LogP contribution in [0, 0.1) is 0 Å². The summed E-state index contributed by atoms with van der Waals surface area (Å²) in [4.78, 5) is 16.2. The molecule has 26 heavy (non-hydrogen) atoms. The Morgan fingerprint density at radius 2 is 1.73 bits per heavy atom. The maximum Gasteiger partial charge on any atom is 0.416 e. The van der Waals surface area contributed by atoms with Gasteiger partial charge < -0.3 is 9.84 Å². The average Bonchev–Trinajstić information content (AvgIpc) is 3.12. The lowest BCUT2D eigenvalue weighted by molar-refractivity contribution is -0.137. The molecule has 3 rings (SSSR count). The molecule has 0 aliphatic carbocycles. The quantitative estimate of drug-likeness (QED) is 0.754. The fourth-order valence-corrected chi connectivity index (χ4v) is 2.32. The molecule has 0 aliphatic rings. The SMILES string of the molecule is C[C@H](NC(=O)c1nc(-c2ccc(C(F)(F)F)cc2)no1)c1ccccc1. The second kappa shape index (κ2) is 6.99. The van der Waals surface area contributed by atoms with Gasteiger partial charge in [0.15, 0.2) is 0 Å². The Bertz CT molecular complexity index is 890. The van der Waals surface area contributed by atoms with Crippen molar-refractivity contribution in [3.05, 3.63) is 71.6 Å². The molecule has 0 saturated heterocycles. The van der Waals surface area contributed by atoms with E-state index in [-0.39, 0.29) is 17.8 Å². The van der Waals surface area contributed by atoms with Crippen molar-refractivity contribution in [1.29, 1.82) is 0 Å². The number of hydrogen-bond acceptors (Lipinski definition) is 4. The summed E-state index contributed by atoms with van der Waals surface area (Å²) >= 11 is 0. The standard InChI is InChI=1S/C18H14F3N3O2/c1-11(12-5-3-2-4-6-12)22-16(25)17-23-15(24-26-17)13-7-9-14(10-8-13)18(19,20)21/h2-11H,1H3,(H,22,25)/t11-/m0/s1. The fraction of sp³-hybridized carbons (Fsp3) is 0.167. The molecule has 0 unspecified atom stereocenters. The molecule has 2 aromatic carbocycles.